The molecule has 0 radical (unpaired) electrons. The van der Waals surface area contributed by atoms with Gasteiger partial charge in [-0.25, -0.2) is 0 Å². The van der Waals surface area contributed by atoms with E-state index in [1.54, 1.807) is 0 Å². The summed E-state index contributed by atoms with van der Waals surface area (Å²) in [6.07, 6.45) is 1.03. The Balaban J connectivity index is 1.65. The minimum absolute atomic E-state index is 0.444. The zero-order chi connectivity index (χ0) is 22.6. The molecule has 0 spiro atoms. The van der Waals surface area contributed by atoms with Crippen molar-refractivity contribution in [2.75, 3.05) is 11.5 Å². The lowest BCUT2D eigenvalue weighted by atomic mass is 9.87. The molecule has 0 bridgehead atoms. The zero-order valence-electron chi connectivity index (χ0n) is 21.0. The maximum absolute atomic E-state index is 5.74. The van der Waals surface area contributed by atoms with Crippen LogP contribution in [0.15, 0.2) is 18.2 Å². The third-order valence-corrected chi connectivity index (χ3v) is 8.79. The summed E-state index contributed by atoms with van der Waals surface area (Å²) in [6, 6.07) is 8.62. The molecule has 4 unspecified atom stereocenters. The Hall–Kier alpha value is -2.00. The van der Waals surface area contributed by atoms with E-state index < -0.39 is 0 Å². The van der Waals surface area contributed by atoms with Crippen LogP contribution in [-0.2, 0) is 13.0 Å². The van der Waals surface area contributed by atoms with Crippen molar-refractivity contribution in [3.05, 3.63) is 57.1 Å². The molecule has 2 aliphatic heterocycles. The summed E-state index contributed by atoms with van der Waals surface area (Å²) < 4.78 is 5.74. The summed E-state index contributed by atoms with van der Waals surface area (Å²) in [6.45, 7) is 22.9. The quantitative estimate of drug-likeness (QED) is 0.602. The molecule has 0 N–H and O–H groups in total. The molecule has 31 heavy (non-hydrogen) atoms. The molecule has 4 rings (SSSR count). The number of hydrogen-bond acceptors (Lipinski definition) is 3. The fourth-order valence-electron chi connectivity index (χ4n) is 5.85. The Kier molecular flexibility index (Phi) is 5.85. The maximum Gasteiger partial charge on any atom is 0.122 e. The lowest BCUT2D eigenvalue weighted by molar-refractivity contribution is 0.0721. The van der Waals surface area contributed by atoms with E-state index in [-0.39, 0.29) is 0 Å². The lowest BCUT2D eigenvalue weighted by Crippen LogP contribution is -2.65. The Bertz CT molecular complexity index is 950. The summed E-state index contributed by atoms with van der Waals surface area (Å²) in [5.74, 6) is 1.07. The van der Waals surface area contributed by atoms with Crippen LogP contribution < -0.4 is 9.64 Å². The molecule has 1 fully saturated rings. The van der Waals surface area contributed by atoms with Gasteiger partial charge < -0.3 is 9.64 Å². The lowest BCUT2D eigenvalue weighted by Gasteiger charge is -2.54. The highest BCUT2D eigenvalue weighted by atomic mass is 16.5. The number of ether oxygens (including phenoxy) is 1. The van der Waals surface area contributed by atoms with Crippen LogP contribution in [0.3, 0.4) is 0 Å². The summed E-state index contributed by atoms with van der Waals surface area (Å²) in [7, 11) is 0. The number of nitrogens with zero attached hydrogens (tertiary/aromatic N) is 2. The van der Waals surface area contributed by atoms with Crippen molar-refractivity contribution in [3.63, 3.8) is 0 Å². The highest BCUT2D eigenvalue weighted by molar-refractivity contribution is 5.56. The largest absolute Gasteiger partial charge is 0.493 e. The van der Waals surface area contributed by atoms with E-state index in [0.717, 1.165) is 25.3 Å². The van der Waals surface area contributed by atoms with E-state index in [9.17, 15) is 0 Å². The second-order valence-corrected chi connectivity index (χ2v) is 10.0. The first-order chi connectivity index (χ1) is 14.6. The number of fused-ring (bicyclic) bond motifs is 1. The molecule has 168 valence electrons. The molecule has 2 aromatic rings. The van der Waals surface area contributed by atoms with Gasteiger partial charge in [0, 0.05) is 42.8 Å². The molecule has 1 saturated heterocycles. The number of rotatable bonds is 3. The molecule has 0 amide bonds. The highest BCUT2D eigenvalue weighted by Gasteiger charge is 2.40. The molecule has 2 aliphatic rings. The third kappa shape index (κ3) is 3.55. The Morgan fingerprint density at radius 2 is 1.32 bits per heavy atom. The van der Waals surface area contributed by atoms with E-state index in [1.165, 1.54) is 44.6 Å². The molecule has 3 nitrogen and oxygen atoms in total. The molecular formula is C28H40N2O. The van der Waals surface area contributed by atoms with Gasteiger partial charge in [-0.2, -0.15) is 0 Å². The summed E-state index contributed by atoms with van der Waals surface area (Å²) in [5.41, 5.74) is 11.5. The Morgan fingerprint density at radius 3 is 1.90 bits per heavy atom. The second-order valence-electron chi connectivity index (χ2n) is 10.0. The van der Waals surface area contributed by atoms with Gasteiger partial charge in [0.15, 0.2) is 0 Å². The van der Waals surface area contributed by atoms with Crippen molar-refractivity contribution >= 4 is 5.69 Å². The van der Waals surface area contributed by atoms with Crippen LogP contribution in [0.1, 0.15) is 66.6 Å². The van der Waals surface area contributed by atoms with Gasteiger partial charge in [0.1, 0.15) is 5.75 Å². The Labute approximate surface area is 189 Å². The highest BCUT2D eigenvalue weighted by Crippen LogP contribution is 2.37. The fraction of sp³-hybridized carbons (Fsp3) is 0.571. The van der Waals surface area contributed by atoms with Gasteiger partial charge in [-0.05, 0) is 119 Å². The van der Waals surface area contributed by atoms with E-state index in [1.807, 2.05) is 0 Å². The van der Waals surface area contributed by atoms with Crippen LogP contribution in [0.5, 0.6) is 5.75 Å². The van der Waals surface area contributed by atoms with E-state index in [4.69, 9.17) is 4.74 Å². The predicted octanol–water partition coefficient (Wildman–Crippen LogP) is 6.04. The maximum atomic E-state index is 5.74. The molecular weight excluding hydrogens is 380 g/mol. The smallest absolute Gasteiger partial charge is 0.122 e. The molecule has 2 aromatic carbocycles. The molecule has 2 heterocycles. The number of hydrogen-bond donors (Lipinski definition) is 0. The molecule has 0 saturated carbocycles. The van der Waals surface area contributed by atoms with Crippen molar-refractivity contribution in [1.82, 2.24) is 4.90 Å². The number of benzene rings is 2. The van der Waals surface area contributed by atoms with E-state index >= 15 is 0 Å². The van der Waals surface area contributed by atoms with Crippen molar-refractivity contribution in [1.29, 1.82) is 0 Å². The van der Waals surface area contributed by atoms with Gasteiger partial charge in [0.25, 0.3) is 0 Å². The van der Waals surface area contributed by atoms with Gasteiger partial charge in [-0.15, -0.1) is 0 Å². The van der Waals surface area contributed by atoms with Crippen LogP contribution in [0.25, 0.3) is 0 Å². The summed E-state index contributed by atoms with van der Waals surface area (Å²) in [5, 5.41) is 0. The SMILES string of the molecule is Cc1c(C)c(C)c(CN2C(C)C(C)N(c3ccc4c(c3)CCO4)C(C)C2C)c(C)c1C. The molecule has 0 aromatic heterocycles. The van der Waals surface area contributed by atoms with E-state index in [2.05, 4.69) is 90.3 Å². The van der Waals surface area contributed by atoms with Gasteiger partial charge in [0.2, 0.25) is 0 Å². The van der Waals surface area contributed by atoms with E-state index in [0.29, 0.717) is 24.2 Å². The van der Waals surface area contributed by atoms with Gasteiger partial charge in [-0.1, -0.05) is 0 Å². The van der Waals surface area contributed by atoms with Crippen molar-refractivity contribution < 1.29 is 4.74 Å². The van der Waals surface area contributed by atoms with Crippen LogP contribution in [-0.4, -0.2) is 35.7 Å². The first-order valence-electron chi connectivity index (χ1n) is 12.0. The molecule has 4 atom stereocenters. The van der Waals surface area contributed by atoms with Crippen LogP contribution >= 0.6 is 0 Å². The second kappa shape index (κ2) is 8.16. The third-order valence-electron chi connectivity index (χ3n) is 8.79. The minimum Gasteiger partial charge on any atom is -0.493 e. The van der Waals surface area contributed by atoms with Crippen LogP contribution in [0.2, 0.25) is 0 Å². The predicted molar refractivity (Wildman–Crippen MR) is 132 cm³/mol. The van der Waals surface area contributed by atoms with Crippen LogP contribution in [0, 0.1) is 34.6 Å². The number of anilines is 1. The van der Waals surface area contributed by atoms with Crippen molar-refractivity contribution in [2.45, 2.75) is 99.4 Å². The summed E-state index contributed by atoms with van der Waals surface area (Å²) in [4.78, 5) is 5.39. The fourth-order valence-corrected chi connectivity index (χ4v) is 5.85. The van der Waals surface area contributed by atoms with Gasteiger partial charge in [-0.3, -0.25) is 4.90 Å². The average Bonchev–Trinajstić information content (AvgIpc) is 3.23. The molecule has 0 aliphatic carbocycles. The Morgan fingerprint density at radius 1 is 0.774 bits per heavy atom. The standard InChI is InChI=1S/C28H40N2O/c1-16-17(2)19(4)27(20(5)18(16)3)15-29-21(6)23(8)30(24(9)22(29)7)26-10-11-28-25(14-26)12-13-31-28/h10-11,14,21-24H,12-13,15H2,1-9H3. The normalized spacial score (nSPS) is 26.2. The van der Waals surface area contributed by atoms with Crippen molar-refractivity contribution in [2.24, 2.45) is 0 Å². The molecule has 3 heteroatoms. The first kappa shape index (κ1) is 22.2. The van der Waals surface area contributed by atoms with Crippen LogP contribution in [0.4, 0.5) is 5.69 Å². The average molecular weight is 421 g/mol. The number of piperazine rings is 1. The minimum atomic E-state index is 0.444. The first-order valence-corrected chi connectivity index (χ1v) is 12.0. The van der Waals surface area contributed by atoms with Gasteiger partial charge >= 0.3 is 0 Å². The monoisotopic (exact) mass is 420 g/mol. The van der Waals surface area contributed by atoms with Gasteiger partial charge in [0.05, 0.1) is 6.61 Å². The zero-order valence-corrected chi connectivity index (χ0v) is 21.0. The topological polar surface area (TPSA) is 15.7 Å². The van der Waals surface area contributed by atoms with Crippen molar-refractivity contribution in [3.8, 4) is 5.75 Å². The summed E-state index contributed by atoms with van der Waals surface area (Å²) >= 11 is 0.